The number of aromatic nitrogens is 1. The number of carbonyl (C=O) groups is 1. The summed E-state index contributed by atoms with van der Waals surface area (Å²) in [6.07, 6.45) is 0. The molecule has 1 amide bonds. The van der Waals surface area contributed by atoms with Gasteiger partial charge in [-0.3, -0.25) is 9.79 Å². The molecule has 1 N–H and O–H groups in total. The Morgan fingerprint density at radius 3 is 2.74 bits per heavy atom. The molecule has 8 heteroatoms. The molecule has 4 aromatic rings. The van der Waals surface area contributed by atoms with Crippen LogP contribution in [0.25, 0.3) is 11.3 Å². The number of amides is 1. The van der Waals surface area contributed by atoms with E-state index in [0.717, 1.165) is 38.6 Å². The van der Waals surface area contributed by atoms with Crippen LogP contribution in [0.2, 0.25) is 0 Å². The molecule has 0 radical (unpaired) electrons. The average molecular weight is 485 g/mol. The van der Waals surface area contributed by atoms with Gasteiger partial charge in [0.2, 0.25) is 4.80 Å². The van der Waals surface area contributed by atoms with E-state index in [1.165, 1.54) is 11.3 Å². The van der Waals surface area contributed by atoms with Gasteiger partial charge in [-0.15, -0.1) is 11.3 Å². The lowest BCUT2D eigenvalue weighted by Gasteiger charge is -2.18. The third-order valence-electron chi connectivity index (χ3n) is 5.58. The van der Waals surface area contributed by atoms with E-state index in [4.69, 9.17) is 19.6 Å². The first-order valence-electron chi connectivity index (χ1n) is 11.1. The number of benzene rings is 3. The van der Waals surface area contributed by atoms with Crippen molar-refractivity contribution in [3.8, 4) is 22.8 Å². The van der Waals surface area contributed by atoms with Crippen molar-refractivity contribution in [1.82, 2.24) is 4.68 Å². The lowest BCUT2D eigenvalue weighted by Crippen LogP contribution is -2.25. The Kier molecular flexibility index (Phi) is 6.45. The topological polar surface area (TPSA) is 77.2 Å². The van der Waals surface area contributed by atoms with Crippen molar-refractivity contribution in [1.29, 1.82) is 0 Å². The zero-order valence-electron chi connectivity index (χ0n) is 19.4. The molecule has 0 fully saturated rings. The molecule has 1 aliphatic rings. The summed E-state index contributed by atoms with van der Waals surface area (Å²) in [6, 6.07) is 23.6. The van der Waals surface area contributed by atoms with Crippen LogP contribution in [-0.4, -0.2) is 30.0 Å². The van der Waals surface area contributed by atoms with Gasteiger partial charge in [-0.2, -0.15) is 5.10 Å². The summed E-state index contributed by atoms with van der Waals surface area (Å²) in [4.78, 5) is 17.5. The molecule has 2 heterocycles. The lowest BCUT2D eigenvalue weighted by molar-refractivity contribution is -0.118. The maximum absolute atomic E-state index is 11.8. The van der Waals surface area contributed by atoms with Gasteiger partial charge in [-0.25, -0.2) is 4.68 Å². The van der Waals surface area contributed by atoms with Crippen molar-refractivity contribution >= 4 is 28.6 Å². The number of hydrogen-bond donors (Lipinski definition) is 1. The van der Waals surface area contributed by atoms with E-state index in [2.05, 4.69) is 17.4 Å². The van der Waals surface area contributed by atoms with Gasteiger partial charge in [0.1, 0.15) is 11.5 Å². The number of para-hydroxylation sites is 1. The SMILES string of the molecule is COc1ccccc1C(C)=Nn1c(-c2ccc3c(c2)NC(=O)CO3)csc1=NCc1ccccc1. The molecule has 0 atom stereocenters. The van der Waals surface area contributed by atoms with Crippen LogP contribution in [0.5, 0.6) is 11.5 Å². The number of thiazole rings is 1. The van der Waals surface area contributed by atoms with Gasteiger partial charge in [-0.1, -0.05) is 42.5 Å². The van der Waals surface area contributed by atoms with E-state index in [1.807, 2.05) is 77.6 Å². The summed E-state index contributed by atoms with van der Waals surface area (Å²) >= 11 is 1.51. The molecule has 1 aromatic heterocycles. The Balaban J connectivity index is 1.62. The molecular formula is C27H24N4O3S. The largest absolute Gasteiger partial charge is 0.496 e. The number of rotatable bonds is 6. The van der Waals surface area contributed by atoms with Crippen molar-refractivity contribution in [2.24, 2.45) is 10.1 Å². The van der Waals surface area contributed by atoms with Crippen LogP contribution in [0, 0.1) is 0 Å². The smallest absolute Gasteiger partial charge is 0.262 e. The van der Waals surface area contributed by atoms with E-state index in [9.17, 15) is 4.79 Å². The lowest BCUT2D eigenvalue weighted by atomic mass is 10.1. The minimum absolute atomic E-state index is 0.0235. The molecule has 0 bridgehead atoms. The Morgan fingerprint density at radius 1 is 1.11 bits per heavy atom. The summed E-state index contributed by atoms with van der Waals surface area (Å²) in [5.74, 6) is 1.23. The van der Waals surface area contributed by atoms with Crippen LogP contribution in [0.3, 0.4) is 0 Å². The fourth-order valence-electron chi connectivity index (χ4n) is 3.83. The van der Waals surface area contributed by atoms with Crippen LogP contribution in [0.1, 0.15) is 18.1 Å². The van der Waals surface area contributed by atoms with Crippen molar-refractivity contribution in [2.45, 2.75) is 13.5 Å². The number of anilines is 1. The minimum Gasteiger partial charge on any atom is -0.496 e. The predicted molar refractivity (Wildman–Crippen MR) is 138 cm³/mol. The number of fused-ring (bicyclic) bond motifs is 1. The summed E-state index contributed by atoms with van der Waals surface area (Å²) < 4.78 is 12.9. The molecule has 7 nitrogen and oxygen atoms in total. The molecule has 5 rings (SSSR count). The minimum atomic E-state index is -0.170. The monoisotopic (exact) mass is 484 g/mol. The highest BCUT2D eigenvalue weighted by Crippen LogP contribution is 2.33. The highest BCUT2D eigenvalue weighted by Gasteiger charge is 2.18. The van der Waals surface area contributed by atoms with Crippen LogP contribution in [0.4, 0.5) is 5.69 Å². The van der Waals surface area contributed by atoms with Crippen LogP contribution >= 0.6 is 11.3 Å². The molecular weight excluding hydrogens is 460 g/mol. The molecule has 0 unspecified atom stereocenters. The number of methoxy groups -OCH3 is 1. The first kappa shape index (κ1) is 22.6. The van der Waals surface area contributed by atoms with Crippen molar-refractivity contribution < 1.29 is 14.3 Å². The average Bonchev–Trinajstić information content (AvgIpc) is 3.29. The summed E-state index contributed by atoms with van der Waals surface area (Å²) in [7, 11) is 1.65. The quantitative estimate of drug-likeness (QED) is 0.394. The number of nitrogens with one attached hydrogen (secondary N) is 1. The maximum Gasteiger partial charge on any atom is 0.262 e. The summed E-state index contributed by atoms with van der Waals surface area (Å²) in [6.45, 7) is 2.52. The number of nitrogens with zero attached hydrogens (tertiary/aromatic N) is 3. The maximum atomic E-state index is 11.8. The second-order valence-corrected chi connectivity index (χ2v) is 8.79. The normalized spacial score (nSPS) is 13.7. The molecule has 1 aliphatic heterocycles. The summed E-state index contributed by atoms with van der Waals surface area (Å²) in [5.41, 5.74) is 5.21. The zero-order valence-corrected chi connectivity index (χ0v) is 20.2. The molecule has 0 aliphatic carbocycles. The fourth-order valence-corrected chi connectivity index (χ4v) is 4.67. The zero-order chi connectivity index (χ0) is 24.2. The highest BCUT2D eigenvalue weighted by molar-refractivity contribution is 7.07. The predicted octanol–water partition coefficient (Wildman–Crippen LogP) is 4.93. The van der Waals surface area contributed by atoms with Crippen LogP contribution < -0.4 is 19.6 Å². The van der Waals surface area contributed by atoms with Gasteiger partial charge < -0.3 is 14.8 Å². The molecule has 0 spiro atoms. The van der Waals surface area contributed by atoms with Crippen LogP contribution in [0.15, 0.2) is 88.3 Å². The molecule has 3 aromatic carbocycles. The first-order chi connectivity index (χ1) is 17.1. The Hall–Kier alpha value is -4.17. The second-order valence-electron chi connectivity index (χ2n) is 7.95. The molecule has 176 valence electrons. The fraction of sp³-hybridized carbons (Fsp3) is 0.148. The molecule has 0 saturated heterocycles. The van der Waals surface area contributed by atoms with Gasteiger partial charge in [0.25, 0.3) is 5.91 Å². The van der Waals surface area contributed by atoms with Crippen LogP contribution in [-0.2, 0) is 11.3 Å². The van der Waals surface area contributed by atoms with E-state index < -0.39 is 0 Å². The summed E-state index contributed by atoms with van der Waals surface area (Å²) in [5, 5.41) is 9.87. The number of ether oxygens (including phenoxy) is 2. The number of carbonyl (C=O) groups excluding carboxylic acids is 1. The van der Waals surface area contributed by atoms with E-state index >= 15 is 0 Å². The Morgan fingerprint density at radius 2 is 1.91 bits per heavy atom. The molecule has 0 saturated carbocycles. The van der Waals surface area contributed by atoms with E-state index in [-0.39, 0.29) is 12.5 Å². The third-order valence-corrected chi connectivity index (χ3v) is 6.43. The van der Waals surface area contributed by atoms with Gasteiger partial charge in [-0.05, 0) is 42.8 Å². The van der Waals surface area contributed by atoms with Gasteiger partial charge in [0, 0.05) is 16.5 Å². The van der Waals surface area contributed by atoms with E-state index in [1.54, 1.807) is 7.11 Å². The van der Waals surface area contributed by atoms with Gasteiger partial charge in [0.05, 0.1) is 30.7 Å². The Bertz CT molecular complexity index is 1470. The van der Waals surface area contributed by atoms with Crippen molar-refractivity contribution in [2.75, 3.05) is 19.0 Å². The van der Waals surface area contributed by atoms with Gasteiger partial charge >= 0.3 is 0 Å². The Labute approximate surface area is 207 Å². The standard InChI is InChI=1S/C27H24N4O3S/c1-18(21-10-6-7-11-24(21)33-2)30-31-23(17-35-27(31)28-15-19-8-4-3-5-9-19)20-12-13-25-22(14-20)29-26(32)16-34-25/h3-14,17H,15-16H2,1-2H3,(H,29,32). The van der Waals surface area contributed by atoms with E-state index in [0.29, 0.717) is 18.0 Å². The third kappa shape index (κ3) is 4.88. The highest BCUT2D eigenvalue weighted by atomic mass is 32.1. The number of hydrogen-bond acceptors (Lipinski definition) is 6. The van der Waals surface area contributed by atoms with Gasteiger partial charge in [0.15, 0.2) is 6.61 Å². The molecule has 35 heavy (non-hydrogen) atoms. The second kappa shape index (κ2) is 9.99. The van der Waals surface area contributed by atoms with Crippen molar-refractivity contribution in [3.63, 3.8) is 0 Å². The first-order valence-corrected chi connectivity index (χ1v) is 12.0. The van der Waals surface area contributed by atoms with Crippen molar-refractivity contribution in [3.05, 3.63) is 94.1 Å².